The average molecular weight is 430 g/mol. The zero-order chi connectivity index (χ0) is 21.8. The summed E-state index contributed by atoms with van der Waals surface area (Å²) in [5.41, 5.74) is -0.594. The molecule has 0 aromatic heterocycles. The summed E-state index contributed by atoms with van der Waals surface area (Å²) in [6.45, 7) is 0. The Bertz CT molecular complexity index is 727. The van der Waals surface area contributed by atoms with Crippen LogP contribution in [0.5, 0.6) is 5.75 Å². The van der Waals surface area contributed by atoms with Crippen molar-refractivity contribution in [2.24, 2.45) is 0 Å². The third-order valence-corrected chi connectivity index (χ3v) is 3.42. The normalized spacial score (nSPS) is 23.1. The van der Waals surface area contributed by atoms with Crippen LogP contribution < -0.4 is 10.1 Å². The molecule has 0 bridgehead atoms. The van der Waals surface area contributed by atoms with Crippen molar-refractivity contribution in [3.8, 4) is 5.75 Å². The van der Waals surface area contributed by atoms with Gasteiger partial charge >= 0.3 is 36.3 Å². The number of morpholine rings is 1. The van der Waals surface area contributed by atoms with Crippen LogP contribution in [0.25, 0.3) is 0 Å². The van der Waals surface area contributed by atoms with Crippen LogP contribution in [-0.4, -0.2) is 48.3 Å². The molecule has 0 atom stereocenters. The predicted molar refractivity (Wildman–Crippen MR) is 69.3 cm³/mol. The number of carbonyl (C=O) groups is 1. The summed E-state index contributed by atoms with van der Waals surface area (Å²) in [6, 6.07) is -15.8. The molecule has 15 heteroatoms. The Hall–Kier alpha value is -2.29. The van der Waals surface area contributed by atoms with Gasteiger partial charge in [-0.25, -0.2) is 4.74 Å². The van der Waals surface area contributed by atoms with Gasteiger partial charge in [0.25, 0.3) is 0 Å². The third-order valence-electron chi connectivity index (χ3n) is 3.42. The summed E-state index contributed by atoms with van der Waals surface area (Å²) >= 11 is 0. The molecular formula is C13H8F10N2O3. The minimum atomic E-state index is -6.70. The van der Waals surface area contributed by atoms with E-state index in [0.717, 1.165) is 24.3 Å². The first-order valence-electron chi connectivity index (χ1n) is 6.86. The fraction of sp³-hybridized carbons (Fsp3) is 0.462. The molecule has 28 heavy (non-hydrogen) atoms. The summed E-state index contributed by atoms with van der Waals surface area (Å²) in [4.78, 5) is 8.38. The first-order chi connectivity index (χ1) is 12.5. The van der Waals surface area contributed by atoms with Crippen LogP contribution in [0.15, 0.2) is 24.3 Å². The molecule has 0 radical (unpaired) electrons. The van der Waals surface area contributed by atoms with E-state index < -0.39 is 46.9 Å². The summed E-state index contributed by atoms with van der Waals surface area (Å²) < 4.78 is 141. The molecule has 1 heterocycles. The molecule has 0 unspecified atom stereocenters. The average Bonchev–Trinajstić information content (AvgIpc) is 2.52. The molecule has 158 valence electrons. The second-order valence-corrected chi connectivity index (χ2v) is 5.28. The molecule has 1 aliphatic heterocycles. The van der Waals surface area contributed by atoms with Gasteiger partial charge in [-0.1, -0.05) is 4.90 Å². The maximum absolute atomic E-state index is 14.0. The van der Waals surface area contributed by atoms with E-state index in [0.29, 0.717) is 0 Å². The highest BCUT2D eigenvalue weighted by Gasteiger charge is 2.87. The number of benzene rings is 1. The van der Waals surface area contributed by atoms with Gasteiger partial charge in [0.15, 0.2) is 0 Å². The number of nitrogens with one attached hydrogen (secondary N) is 1. The number of amides is 1. The SMILES string of the molecule is COc1ccc(NC(=O)C(F)(F)N2C(F)(F)C(F)(F)OC(F)(F)C2(F)F)cc1. The molecule has 1 saturated heterocycles. The molecule has 1 aromatic rings. The lowest BCUT2D eigenvalue weighted by Gasteiger charge is -2.48. The Labute approximate surface area is 148 Å². The second-order valence-electron chi connectivity index (χ2n) is 5.28. The zero-order valence-corrected chi connectivity index (χ0v) is 13.3. The zero-order valence-electron chi connectivity index (χ0n) is 13.3. The van der Waals surface area contributed by atoms with Gasteiger partial charge in [-0.05, 0) is 24.3 Å². The highest BCUT2D eigenvalue weighted by atomic mass is 19.4. The Morgan fingerprint density at radius 3 is 1.79 bits per heavy atom. The number of halogens is 10. The molecule has 1 aromatic carbocycles. The number of nitrogens with zero attached hydrogens (tertiary/aromatic N) is 1. The molecular weight excluding hydrogens is 422 g/mol. The number of anilines is 1. The first kappa shape index (κ1) is 22.0. The largest absolute Gasteiger partial charge is 0.497 e. The van der Waals surface area contributed by atoms with Crippen molar-refractivity contribution in [1.29, 1.82) is 0 Å². The number of ether oxygens (including phenoxy) is 2. The fourth-order valence-corrected chi connectivity index (χ4v) is 2.06. The van der Waals surface area contributed by atoms with Gasteiger partial charge in [0.1, 0.15) is 5.75 Å². The van der Waals surface area contributed by atoms with Crippen LogP contribution >= 0.6 is 0 Å². The van der Waals surface area contributed by atoms with Crippen molar-refractivity contribution in [2.75, 3.05) is 12.4 Å². The van der Waals surface area contributed by atoms with Gasteiger partial charge in [0, 0.05) is 5.69 Å². The minimum Gasteiger partial charge on any atom is -0.497 e. The van der Waals surface area contributed by atoms with Crippen LogP contribution in [0.2, 0.25) is 0 Å². The summed E-state index contributed by atoms with van der Waals surface area (Å²) in [5.74, 6) is -2.87. The number of alkyl halides is 10. The van der Waals surface area contributed by atoms with Gasteiger partial charge in [-0.2, -0.15) is 43.9 Å². The Morgan fingerprint density at radius 2 is 1.39 bits per heavy atom. The number of rotatable bonds is 4. The van der Waals surface area contributed by atoms with Crippen LogP contribution in [0.3, 0.4) is 0 Å². The van der Waals surface area contributed by atoms with Crippen molar-refractivity contribution in [3.05, 3.63) is 24.3 Å². The number of carbonyl (C=O) groups excluding carboxylic acids is 1. The van der Waals surface area contributed by atoms with Crippen LogP contribution in [0, 0.1) is 0 Å². The van der Waals surface area contributed by atoms with E-state index in [1.165, 1.54) is 12.4 Å². The smallest absolute Gasteiger partial charge is 0.439 e. The second kappa shape index (κ2) is 6.37. The summed E-state index contributed by atoms with van der Waals surface area (Å²) in [7, 11) is 1.20. The number of hydrogen-bond donors (Lipinski definition) is 1. The van der Waals surface area contributed by atoms with Crippen molar-refractivity contribution in [3.63, 3.8) is 0 Å². The molecule has 0 spiro atoms. The summed E-state index contributed by atoms with van der Waals surface area (Å²) in [5, 5.41) is 1.18. The summed E-state index contributed by atoms with van der Waals surface area (Å²) in [6.07, 6.45) is -13.0. The maximum atomic E-state index is 14.0. The van der Waals surface area contributed by atoms with Gasteiger partial charge < -0.3 is 10.1 Å². The number of methoxy groups -OCH3 is 1. The molecule has 1 fully saturated rings. The highest BCUT2D eigenvalue weighted by molar-refractivity contribution is 5.95. The Kier molecular flexibility index (Phi) is 5.00. The molecule has 1 N–H and O–H groups in total. The van der Waals surface area contributed by atoms with E-state index in [-0.39, 0.29) is 5.75 Å². The van der Waals surface area contributed by atoms with E-state index >= 15 is 0 Å². The third kappa shape index (κ3) is 3.21. The predicted octanol–water partition coefficient (Wildman–Crippen LogP) is 3.93. The van der Waals surface area contributed by atoms with E-state index in [1.54, 1.807) is 0 Å². The molecule has 0 saturated carbocycles. The Balaban J connectivity index is 2.45. The van der Waals surface area contributed by atoms with Crippen molar-refractivity contribution in [1.82, 2.24) is 4.90 Å². The van der Waals surface area contributed by atoms with E-state index in [9.17, 15) is 48.7 Å². The van der Waals surface area contributed by atoms with Crippen molar-refractivity contribution < 1.29 is 58.2 Å². The molecule has 1 aliphatic rings. The number of hydrogen-bond acceptors (Lipinski definition) is 4. The molecule has 2 rings (SSSR count). The van der Waals surface area contributed by atoms with Crippen LogP contribution in [-0.2, 0) is 9.53 Å². The quantitative estimate of drug-likeness (QED) is 0.581. The van der Waals surface area contributed by atoms with Crippen molar-refractivity contribution in [2.45, 2.75) is 30.4 Å². The van der Waals surface area contributed by atoms with E-state index in [1.807, 2.05) is 0 Å². The van der Waals surface area contributed by atoms with Crippen LogP contribution in [0.4, 0.5) is 49.6 Å². The lowest BCUT2D eigenvalue weighted by Crippen LogP contribution is -2.79. The molecule has 0 aliphatic carbocycles. The highest BCUT2D eigenvalue weighted by Crippen LogP contribution is 2.58. The van der Waals surface area contributed by atoms with Gasteiger partial charge in [-0.15, -0.1) is 0 Å². The monoisotopic (exact) mass is 430 g/mol. The lowest BCUT2D eigenvalue weighted by atomic mass is 10.2. The molecule has 5 nitrogen and oxygen atoms in total. The van der Waals surface area contributed by atoms with Gasteiger partial charge in [0.05, 0.1) is 7.11 Å². The minimum absolute atomic E-state index is 0.135. The molecule has 1 amide bonds. The topological polar surface area (TPSA) is 50.8 Å². The fourth-order valence-electron chi connectivity index (χ4n) is 2.06. The van der Waals surface area contributed by atoms with Gasteiger partial charge in [0.2, 0.25) is 0 Å². The standard InChI is InChI=1S/C13H8F10N2O3/c1-27-7-4-2-6(3-5-7)24-8(26)9(14,15)25-10(16,17)12(20,21)28-13(22,23)11(25,18)19/h2-5H,1H3,(H,24,26). The maximum Gasteiger partial charge on any atom is 0.439 e. The van der Waals surface area contributed by atoms with Crippen LogP contribution in [0.1, 0.15) is 0 Å². The van der Waals surface area contributed by atoms with Crippen molar-refractivity contribution >= 4 is 11.6 Å². The lowest BCUT2D eigenvalue weighted by molar-refractivity contribution is -0.581. The Morgan fingerprint density at radius 1 is 0.964 bits per heavy atom. The van der Waals surface area contributed by atoms with E-state index in [4.69, 9.17) is 0 Å². The van der Waals surface area contributed by atoms with Gasteiger partial charge in [-0.3, -0.25) is 4.79 Å². The van der Waals surface area contributed by atoms with E-state index in [2.05, 4.69) is 9.47 Å². The first-order valence-corrected chi connectivity index (χ1v) is 6.86.